The van der Waals surface area contributed by atoms with E-state index in [-0.39, 0.29) is 11.9 Å². The molecule has 5 heteroatoms. The van der Waals surface area contributed by atoms with Crippen molar-refractivity contribution >= 4 is 5.91 Å². The van der Waals surface area contributed by atoms with Crippen molar-refractivity contribution in [3.63, 3.8) is 0 Å². The van der Waals surface area contributed by atoms with Crippen molar-refractivity contribution < 1.29 is 4.79 Å². The van der Waals surface area contributed by atoms with Gasteiger partial charge in [-0.3, -0.25) is 4.79 Å². The molecule has 0 aliphatic heterocycles. The lowest BCUT2D eigenvalue weighted by Crippen LogP contribution is -2.54. The van der Waals surface area contributed by atoms with E-state index >= 15 is 0 Å². The predicted octanol–water partition coefficient (Wildman–Crippen LogP) is 7.54. The Morgan fingerprint density at radius 3 is 2.62 bits per heavy atom. The third-order valence-corrected chi connectivity index (χ3v) is 12.6. The lowest BCUT2D eigenvalue weighted by molar-refractivity contribution is -0.136. The number of amides is 1. The third-order valence-electron chi connectivity index (χ3n) is 12.6. The Balaban J connectivity index is 1.26. The lowest BCUT2D eigenvalue weighted by Gasteiger charge is -2.59. The molecule has 4 aliphatic rings. The van der Waals surface area contributed by atoms with Gasteiger partial charge >= 0.3 is 0 Å². The number of carbonyl (C=O) groups excluding carboxylic acids is 1. The number of carbonyl (C=O) groups is 1. The largest absolute Gasteiger partial charge is 0.351 e. The normalized spacial score (nSPS) is 36.8. The highest BCUT2D eigenvalue weighted by atomic mass is 16.2. The van der Waals surface area contributed by atoms with Crippen LogP contribution in [-0.4, -0.2) is 39.4 Å². The van der Waals surface area contributed by atoms with Crippen molar-refractivity contribution in [1.82, 2.24) is 14.9 Å². The maximum atomic E-state index is 13.5. The molecule has 5 nitrogen and oxygen atoms in total. The van der Waals surface area contributed by atoms with E-state index in [2.05, 4.69) is 62.5 Å². The SMILES string of the molecule is CCN(C(=O)[C@@H](N)Cc1c[nH]cn1)[C@H]1CC[C@@]2(C)C(=CC[C@H]3[C@@H]4CC[C@H]([C@H](C)CCCC(C)C)[C@@]4(C)CC[C@@H]32)C1. The number of nitrogens with two attached hydrogens (primary N) is 1. The van der Waals surface area contributed by atoms with E-state index in [9.17, 15) is 4.79 Å². The number of hydrogen-bond donors (Lipinski definition) is 2. The van der Waals surface area contributed by atoms with Crippen molar-refractivity contribution in [3.05, 3.63) is 29.9 Å². The summed E-state index contributed by atoms with van der Waals surface area (Å²) in [6.45, 7) is 15.4. The summed E-state index contributed by atoms with van der Waals surface area (Å²) in [4.78, 5) is 22.8. The van der Waals surface area contributed by atoms with E-state index < -0.39 is 6.04 Å². The van der Waals surface area contributed by atoms with Crippen LogP contribution in [0.2, 0.25) is 0 Å². The number of imidazole rings is 1. The van der Waals surface area contributed by atoms with E-state index in [0.717, 1.165) is 60.6 Å². The van der Waals surface area contributed by atoms with E-state index in [1.165, 1.54) is 57.8 Å². The number of aromatic nitrogens is 2. The summed E-state index contributed by atoms with van der Waals surface area (Å²) < 4.78 is 0. The van der Waals surface area contributed by atoms with Gasteiger partial charge < -0.3 is 15.6 Å². The Kier molecular flexibility index (Phi) is 8.91. The first-order valence-corrected chi connectivity index (χ1v) is 16.8. The van der Waals surface area contributed by atoms with Crippen LogP contribution < -0.4 is 5.73 Å². The van der Waals surface area contributed by atoms with E-state index in [1.807, 2.05) is 6.20 Å². The molecule has 3 N–H and O–H groups in total. The molecule has 0 aromatic carbocycles. The molecule has 0 saturated heterocycles. The van der Waals surface area contributed by atoms with Crippen LogP contribution in [0, 0.1) is 46.3 Å². The summed E-state index contributed by atoms with van der Waals surface area (Å²) in [5, 5.41) is 0. The molecular formula is C35H58N4O. The van der Waals surface area contributed by atoms with Crippen LogP contribution in [-0.2, 0) is 11.2 Å². The number of nitrogens with one attached hydrogen (secondary N) is 1. The van der Waals surface area contributed by atoms with Crippen LogP contribution >= 0.6 is 0 Å². The molecule has 5 rings (SSSR count). The van der Waals surface area contributed by atoms with Gasteiger partial charge in [-0.05, 0) is 105 Å². The summed E-state index contributed by atoms with van der Waals surface area (Å²) in [6.07, 6.45) is 21.2. The number of H-pyrrole nitrogens is 1. The van der Waals surface area contributed by atoms with Crippen LogP contribution in [0.1, 0.15) is 118 Å². The molecule has 1 amide bonds. The fourth-order valence-corrected chi connectivity index (χ4v) is 10.5. The zero-order valence-corrected chi connectivity index (χ0v) is 26.4. The maximum absolute atomic E-state index is 13.5. The highest BCUT2D eigenvalue weighted by molar-refractivity contribution is 5.82. The Morgan fingerprint density at radius 2 is 1.93 bits per heavy atom. The number of likely N-dealkylation sites (N-methyl/N-ethyl adjacent to an activating group) is 1. The topological polar surface area (TPSA) is 75.0 Å². The zero-order chi connectivity index (χ0) is 28.7. The summed E-state index contributed by atoms with van der Waals surface area (Å²) in [5.74, 6) is 5.25. The number of nitrogens with zero attached hydrogens (tertiary/aromatic N) is 2. The second kappa shape index (κ2) is 11.9. The van der Waals surface area contributed by atoms with Gasteiger partial charge in [0.1, 0.15) is 0 Å². The Morgan fingerprint density at radius 1 is 1.12 bits per heavy atom. The van der Waals surface area contributed by atoms with E-state index in [1.54, 1.807) is 11.9 Å². The lowest BCUT2D eigenvalue weighted by atomic mass is 9.46. The number of aromatic amines is 1. The molecular weight excluding hydrogens is 492 g/mol. The van der Waals surface area contributed by atoms with Gasteiger partial charge in [0.15, 0.2) is 0 Å². The molecule has 0 bridgehead atoms. The van der Waals surface area contributed by atoms with Crippen molar-refractivity contribution in [1.29, 1.82) is 0 Å². The second-order valence-electron chi connectivity index (χ2n) is 15.2. The molecule has 9 atom stereocenters. The van der Waals surface area contributed by atoms with Gasteiger partial charge in [0, 0.05) is 25.2 Å². The third kappa shape index (κ3) is 5.45. The predicted molar refractivity (Wildman–Crippen MR) is 164 cm³/mol. The Labute approximate surface area is 244 Å². The fourth-order valence-electron chi connectivity index (χ4n) is 10.5. The monoisotopic (exact) mass is 550 g/mol. The van der Waals surface area contributed by atoms with Crippen LogP contribution in [0.15, 0.2) is 24.2 Å². The first-order valence-electron chi connectivity index (χ1n) is 16.8. The fraction of sp³-hybridized carbons (Fsp3) is 0.829. The summed E-state index contributed by atoms with van der Waals surface area (Å²) in [7, 11) is 0. The van der Waals surface area contributed by atoms with Crippen LogP contribution in [0.4, 0.5) is 0 Å². The smallest absolute Gasteiger partial charge is 0.240 e. The Bertz CT molecular complexity index is 1030. The maximum Gasteiger partial charge on any atom is 0.240 e. The minimum absolute atomic E-state index is 0.0846. The summed E-state index contributed by atoms with van der Waals surface area (Å²) in [6, 6.07) is -0.254. The van der Waals surface area contributed by atoms with E-state index in [0.29, 0.717) is 17.3 Å². The molecule has 1 aromatic heterocycles. The number of allylic oxidation sites excluding steroid dienone is 1. The molecule has 0 unspecified atom stereocenters. The van der Waals surface area contributed by atoms with Gasteiger partial charge in [0.25, 0.3) is 0 Å². The highest BCUT2D eigenvalue weighted by Crippen LogP contribution is 2.67. The second-order valence-corrected chi connectivity index (χ2v) is 15.2. The van der Waals surface area contributed by atoms with Gasteiger partial charge in [-0.15, -0.1) is 0 Å². The minimum atomic E-state index is -0.527. The standard InChI is InChI=1S/C35H58N4O/c1-7-39(33(40)32(36)20-26-21-37-22-38-26)27-15-17-34(5)25(19-27)11-12-28-30-14-13-29(24(4)10-8-9-23(2)3)35(30,6)18-16-31(28)34/h11,21-24,27-32H,7-10,12-20,36H2,1-6H3,(H,37,38)/t24-,27+,28+,29-,30+,31+,32+,34+,35-/m1/s1. The summed E-state index contributed by atoms with van der Waals surface area (Å²) >= 11 is 0. The molecule has 0 radical (unpaired) electrons. The van der Waals surface area contributed by atoms with Crippen LogP contribution in [0.25, 0.3) is 0 Å². The molecule has 3 fully saturated rings. The Hall–Kier alpha value is -1.62. The molecule has 224 valence electrons. The molecule has 40 heavy (non-hydrogen) atoms. The van der Waals surface area contributed by atoms with Crippen LogP contribution in [0.5, 0.6) is 0 Å². The van der Waals surface area contributed by atoms with Gasteiger partial charge in [-0.1, -0.05) is 65.5 Å². The highest BCUT2D eigenvalue weighted by Gasteiger charge is 2.59. The van der Waals surface area contributed by atoms with Crippen molar-refractivity contribution in [2.45, 2.75) is 131 Å². The molecule has 3 saturated carbocycles. The number of rotatable bonds is 10. The average Bonchev–Trinajstić information content (AvgIpc) is 3.56. The van der Waals surface area contributed by atoms with Crippen molar-refractivity contribution in [2.75, 3.05) is 6.54 Å². The molecule has 4 aliphatic carbocycles. The van der Waals surface area contributed by atoms with E-state index in [4.69, 9.17) is 5.73 Å². The van der Waals surface area contributed by atoms with Gasteiger partial charge in [0.05, 0.1) is 18.1 Å². The van der Waals surface area contributed by atoms with Gasteiger partial charge in [-0.25, -0.2) is 4.98 Å². The molecule has 1 heterocycles. The molecule has 1 aromatic rings. The average molecular weight is 551 g/mol. The molecule has 0 spiro atoms. The van der Waals surface area contributed by atoms with Gasteiger partial charge in [-0.2, -0.15) is 0 Å². The number of hydrogen-bond acceptors (Lipinski definition) is 3. The van der Waals surface area contributed by atoms with Gasteiger partial charge in [0.2, 0.25) is 5.91 Å². The quantitative estimate of drug-likeness (QED) is 0.296. The summed E-state index contributed by atoms with van der Waals surface area (Å²) in [5.41, 5.74) is 9.76. The first-order chi connectivity index (χ1) is 19.1. The zero-order valence-electron chi connectivity index (χ0n) is 26.4. The van der Waals surface area contributed by atoms with Crippen LogP contribution in [0.3, 0.4) is 0 Å². The van der Waals surface area contributed by atoms with Crippen molar-refractivity contribution in [2.24, 2.45) is 52.1 Å². The van der Waals surface area contributed by atoms with Crippen molar-refractivity contribution in [3.8, 4) is 0 Å². The first kappa shape index (κ1) is 29.9. The number of fused-ring (bicyclic) bond motifs is 5. The minimum Gasteiger partial charge on any atom is -0.351 e.